The molecule has 0 spiro atoms. The minimum atomic E-state index is 0.603. The fourth-order valence-corrected chi connectivity index (χ4v) is 7.79. The van der Waals surface area contributed by atoms with Gasteiger partial charge in [-0.15, -0.1) is 0 Å². The molecule has 0 heterocycles. The first-order valence-electron chi connectivity index (χ1n) is 23.2. The molecular formula is C63H63N3O. The first-order chi connectivity index (χ1) is 32.7. The van der Waals surface area contributed by atoms with Crippen LogP contribution in [-0.2, 0) is 0 Å². The Bertz CT molecular complexity index is 2770. The van der Waals surface area contributed by atoms with Gasteiger partial charge in [-0.1, -0.05) is 165 Å². The van der Waals surface area contributed by atoms with Gasteiger partial charge in [0.15, 0.2) is 0 Å². The lowest BCUT2D eigenvalue weighted by Gasteiger charge is -2.25. The lowest BCUT2D eigenvalue weighted by Crippen LogP contribution is -2.09. The molecule has 4 nitrogen and oxygen atoms in total. The van der Waals surface area contributed by atoms with Crippen LogP contribution in [0.15, 0.2) is 237 Å². The van der Waals surface area contributed by atoms with E-state index >= 15 is 0 Å². The van der Waals surface area contributed by atoms with Crippen LogP contribution in [0.3, 0.4) is 0 Å². The molecule has 0 amide bonds. The van der Waals surface area contributed by atoms with Crippen molar-refractivity contribution < 1.29 is 4.74 Å². The maximum Gasteiger partial charge on any atom is 0.119 e. The molecule has 0 N–H and O–H groups in total. The summed E-state index contributed by atoms with van der Waals surface area (Å²) in [5, 5.41) is 0. The SMILES string of the molecule is CCC(C)c1ccc(N(c2ccccc2)c2ccccc2)cc1.COc1ccc(N(C)c2ccc(-c3ccc(C)cc3)cc2)cc1.Cc1ccc(-c2ccc(N(C)c3ccccc3)cc2)cc1. The second-order valence-electron chi connectivity index (χ2n) is 16.9. The van der Waals surface area contributed by atoms with Crippen molar-refractivity contribution in [2.24, 2.45) is 0 Å². The van der Waals surface area contributed by atoms with Crippen LogP contribution < -0.4 is 19.4 Å². The van der Waals surface area contributed by atoms with Gasteiger partial charge in [-0.2, -0.15) is 0 Å². The van der Waals surface area contributed by atoms with Gasteiger partial charge in [0.05, 0.1) is 7.11 Å². The van der Waals surface area contributed by atoms with Gasteiger partial charge in [0.1, 0.15) is 5.75 Å². The number of benzene rings is 9. The number of hydrogen-bond acceptors (Lipinski definition) is 4. The molecule has 0 bridgehead atoms. The van der Waals surface area contributed by atoms with E-state index in [1.165, 1.54) is 73.8 Å². The summed E-state index contributed by atoms with van der Waals surface area (Å²) in [6, 6.07) is 83.1. The number of rotatable bonds is 12. The summed E-state index contributed by atoms with van der Waals surface area (Å²) in [5.41, 5.74) is 17.2. The quantitative estimate of drug-likeness (QED) is 0.122. The first kappa shape index (κ1) is 47.2. The highest BCUT2D eigenvalue weighted by molar-refractivity contribution is 5.77. The van der Waals surface area contributed by atoms with Crippen LogP contribution in [0.5, 0.6) is 5.75 Å². The monoisotopic (exact) mass is 877 g/mol. The lowest BCUT2D eigenvalue weighted by atomic mass is 9.98. The maximum atomic E-state index is 5.21. The number of nitrogens with zero attached hydrogens (tertiary/aromatic N) is 3. The van der Waals surface area contributed by atoms with Crippen LogP contribution in [0, 0.1) is 13.8 Å². The molecule has 0 saturated heterocycles. The Hall–Kier alpha value is -7.82. The predicted octanol–water partition coefficient (Wildman–Crippen LogP) is 17.5. The van der Waals surface area contributed by atoms with Crippen molar-refractivity contribution in [3.8, 4) is 28.0 Å². The number of ether oxygens (including phenoxy) is 1. The molecule has 0 radical (unpaired) electrons. The van der Waals surface area contributed by atoms with Crippen molar-refractivity contribution in [3.63, 3.8) is 0 Å². The van der Waals surface area contributed by atoms with Crippen molar-refractivity contribution in [2.45, 2.75) is 40.0 Å². The van der Waals surface area contributed by atoms with Crippen LogP contribution in [0.2, 0.25) is 0 Å². The second-order valence-corrected chi connectivity index (χ2v) is 16.9. The third kappa shape index (κ3) is 12.7. The molecule has 1 unspecified atom stereocenters. The minimum Gasteiger partial charge on any atom is -0.497 e. The van der Waals surface area contributed by atoms with Crippen LogP contribution in [0.1, 0.15) is 42.9 Å². The van der Waals surface area contributed by atoms with E-state index < -0.39 is 0 Å². The third-order valence-electron chi connectivity index (χ3n) is 12.2. The fourth-order valence-electron chi connectivity index (χ4n) is 7.79. The Balaban J connectivity index is 0.000000149. The molecule has 0 aromatic heterocycles. The average molecular weight is 878 g/mol. The number of hydrogen-bond donors (Lipinski definition) is 0. The topological polar surface area (TPSA) is 19.0 Å². The van der Waals surface area contributed by atoms with Crippen molar-refractivity contribution in [2.75, 3.05) is 35.9 Å². The van der Waals surface area contributed by atoms with E-state index in [2.05, 4.69) is 275 Å². The van der Waals surface area contributed by atoms with E-state index in [1.54, 1.807) is 7.11 Å². The molecule has 4 heteroatoms. The summed E-state index contributed by atoms with van der Waals surface area (Å²) in [5.74, 6) is 1.47. The van der Waals surface area contributed by atoms with Gasteiger partial charge < -0.3 is 19.4 Å². The number of para-hydroxylation sites is 3. The highest BCUT2D eigenvalue weighted by atomic mass is 16.5. The van der Waals surface area contributed by atoms with E-state index in [-0.39, 0.29) is 0 Å². The molecule has 9 rings (SSSR count). The van der Waals surface area contributed by atoms with Gasteiger partial charge in [-0.05, 0) is 151 Å². The highest BCUT2D eigenvalue weighted by Crippen LogP contribution is 2.35. The van der Waals surface area contributed by atoms with Gasteiger partial charge in [-0.3, -0.25) is 0 Å². The zero-order valence-electron chi connectivity index (χ0n) is 40.1. The van der Waals surface area contributed by atoms with Gasteiger partial charge in [0.2, 0.25) is 0 Å². The van der Waals surface area contributed by atoms with Gasteiger partial charge in [0, 0.05) is 53.9 Å². The molecule has 0 saturated carbocycles. The Kier molecular flexibility index (Phi) is 16.5. The molecule has 0 fully saturated rings. The summed E-state index contributed by atoms with van der Waals surface area (Å²) >= 11 is 0. The van der Waals surface area contributed by atoms with E-state index in [9.17, 15) is 0 Å². The van der Waals surface area contributed by atoms with E-state index in [1.807, 2.05) is 18.2 Å². The van der Waals surface area contributed by atoms with Crippen LogP contribution in [-0.4, -0.2) is 21.2 Å². The smallest absolute Gasteiger partial charge is 0.119 e. The fraction of sp³-hybridized carbons (Fsp3) is 0.143. The number of aryl methyl sites for hydroxylation is 2. The molecule has 67 heavy (non-hydrogen) atoms. The molecule has 9 aromatic carbocycles. The van der Waals surface area contributed by atoms with Gasteiger partial charge >= 0.3 is 0 Å². The standard InChI is InChI=1S/C22H23N.C21H21NO.C20H19N/c1-3-18(2)19-14-16-22(17-15-19)23(20-10-6-4-7-11-20)21-12-8-5-9-13-21;1-16-4-6-17(7-5-16)18-8-10-19(11-9-18)22(2)20-12-14-21(23-3)15-13-20;1-16-8-10-17(11-9-16)18-12-14-20(15-13-18)21(2)19-6-4-3-5-7-19/h4-18H,3H2,1-2H3;4-15H,1-3H3;3-15H,1-2H3. The van der Waals surface area contributed by atoms with Crippen molar-refractivity contribution in [1.82, 2.24) is 0 Å². The van der Waals surface area contributed by atoms with Crippen molar-refractivity contribution >= 4 is 39.8 Å². The Morgan fingerprint density at radius 3 is 0.985 bits per heavy atom. The summed E-state index contributed by atoms with van der Waals surface area (Å²) in [6.45, 7) is 8.73. The van der Waals surface area contributed by atoms with Crippen LogP contribution >= 0.6 is 0 Å². The second kappa shape index (κ2) is 23.4. The van der Waals surface area contributed by atoms with E-state index in [0.29, 0.717) is 5.92 Å². The molecule has 0 aliphatic heterocycles. The van der Waals surface area contributed by atoms with Crippen molar-refractivity contribution in [1.29, 1.82) is 0 Å². The normalized spacial score (nSPS) is 10.9. The molecule has 0 aliphatic rings. The molecule has 336 valence electrons. The Morgan fingerprint density at radius 2 is 0.642 bits per heavy atom. The number of methoxy groups -OCH3 is 1. The maximum absolute atomic E-state index is 5.21. The summed E-state index contributed by atoms with van der Waals surface area (Å²) in [6.07, 6.45) is 1.17. The largest absolute Gasteiger partial charge is 0.497 e. The van der Waals surface area contributed by atoms with E-state index in [4.69, 9.17) is 4.74 Å². The van der Waals surface area contributed by atoms with Crippen LogP contribution in [0.25, 0.3) is 22.3 Å². The average Bonchev–Trinajstić information content (AvgIpc) is 3.40. The minimum absolute atomic E-state index is 0.603. The summed E-state index contributed by atoms with van der Waals surface area (Å²) in [7, 11) is 5.85. The molecule has 0 aliphatic carbocycles. The molecular weight excluding hydrogens is 815 g/mol. The zero-order chi connectivity index (χ0) is 47.0. The molecule has 1 atom stereocenters. The van der Waals surface area contributed by atoms with Crippen LogP contribution in [0.4, 0.5) is 39.8 Å². The Morgan fingerprint density at radius 1 is 0.358 bits per heavy atom. The lowest BCUT2D eigenvalue weighted by molar-refractivity contribution is 0.415. The highest BCUT2D eigenvalue weighted by Gasteiger charge is 2.13. The number of anilines is 7. The summed E-state index contributed by atoms with van der Waals surface area (Å²) in [4.78, 5) is 6.65. The van der Waals surface area contributed by atoms with Gasteiger partial charge in [-0.25, -0.2) is 0 Å². The zero-order valence-corrected chi connectivity index (χ0v) is 40.1. The predicted molar refractivity (Wildman–Crippen MR) is 289 cm³/mol. The summed E-state index contributed by atoms with van der Waals surface area (Å²) < 4.78 is 5.21. The Labute approximate surface area is 400 Å². The third-order valence-corrected chi connectivity index (χ3v) is 12.2. The molecule has 9 aromatic rings. The van der Waals surface area contributed by atoms with Gasteiger partial charge in [0.25, 0.3) is 0 Å². The van der Waals surface area contributed by atoms with Crippen molar-refractivity contribution in [3.05, 3.63) is 253 Å². The first-order valence-corrected chi connectivity index (χ1v) is 23.2. The van der Waals surface area contributed by atoms with E-state index in [0.717, 1.165) is 17.1 Å².